The zero-order valence-corrected chi connectivity index (χ0v) is 18.4. The summed E-state index contributed by atoms with van der Waals surface area (Å²) in [6.45, 7) is 8.63. The van der Waals surface area contributed by atoms with E-state index in [-0.39, 0.29) is 48.0 Å². The van der Waals surface area contributed by atoms with Gasteiger partial charge in [-0.25, -0.2) is 0 Å². The zero-order valence-electron chi connectivity index (χ0n) is 18.4. The average molecular weight is 427 g/mol. The standard InChI is InChI=1S/C21H34N2O7/c1-14(2)17-8-7-15(3)13-18(17)29-20(25)10-9-19(24)27-11-5-6-12-28-21-16(4)23(26)30-22-21/h14-15,17-18H,5-13H2,1-4H3/t15-,17+,18-/m1/s1. The number of carbonyl (C=O) groups is 2. The van der Waals surface area contributed by atoms with E-state index in [2.05, 4.69) is 30.6 Å². The number of rotatable bonds is 11. The molecule has 3 atom stereocenters. The predicted molar refractivity (Wildman–Crippen MR) is 106 cm³/mol. The molecule has 30 heavy (non-hydrogen) atoms. The molecule has 9 nitrogen and oxygen atoms in total. The van der Waals surface area contributed by atoms with Crippen molar-refractivity contribution in [3.05, 3.63) is 10.9 Å². The summed E-state index contributed by atoms with van der Waals surface area (Å²) in [7, 11) is 0. The van der Waals surface area contributed by atoms with Gasteiger partial charge in [-0.2, -0.15) is 0 Å². The van der Waals surface area contributed by atoms with Gasteiger partial charge >= 0.3 is 17.8 Å². The molecule has 1 aliphatic carbocycles. The van der Waals surface area contributed by atoms with Crippen LogP contribution in [0.2, 0.25) is 0 Å². The van der Waals surface area contributed by atoms with Crippen molar-refractivity contribution in [2.45, 2.75) is 78.7 Å². The topological polar surface area (TPSA) is 115 Å². The third-order valence-electron chi connectivity index (χ3n) is 5.60. The summed E-state index contributed by atoms with van der Waals surface area (Å²) in [5, 5.41) is 14.5. The fraction of sp³-hybridized carbons (Fsp3) is 0.810. The quantitative estimate of drug-likeness (QED) is 0.301. The Labute approximate surface area is 177 Å². The van der Waals surface area contributed by atoms with Crippen molar-refractivity contribution in [2.24, 2.45) is 17.8 Å². The third kappa shape index (κ3) is 7.50. The van der Waals surface area contributed by atoms with Gasteiger partial charge in [0.2, 0.25) is 5.69 Å². The Kier molecular flexibility index (Phi) is 9.39. The van der Waals surface area contributed by atoms with Crippen LogP contribution in [0.25, 0.3) is 0 Å². The second kappa shape index (κ2) is 11.8. The molecule has 1 aromatic rings. The molecule has 1 fully saturated rings. The predicted octanol–water partition coefficient (Wildman–Crippen LogP) is 3.10. The molecule has 1 saturated carbocycles. The van der Waals surface area contributed by atoms with Gasteiger partial charge in [0.15, 0.2) is 0 Å². The second-order valence-electron chi connectivity index (χ2n) is 8.45. The number of aromatic nitrogens is 2. The largest absolute Gasteiger partial charge is 0.466 e. The Morgan fingerprint density at radius 1 is 1.20 bits per heavy atom. The van der Waals surface area contributed by atoms with E-state index in [9.17, 15) is 14.8 Å². The molecule has 0 amide bonds. The van der Waals surface area contributed by atoms with Crippen molar-refractivity contribution in [2.75, 3.05) is 13.2 Å². The first-order valence-corrected chi connectivity index (χ1v) is 10.8. The monoisotopic (exact) mass is 426 g/mol. The Balaban J connectivity index is 1.56. The number of hydrogen-bond acceptors (Lipinski definition) is 8. The number of ether oxygens (including phenoxy) is 3. The van der Waals surface area contributed by atoms with Crippen LogP contribution in [0.1, 0.15) is 71.4 Å². The summed E-state index contributed by atoms with van der Waals surface area (Å²) < 4.78 is 20.6. The van der Waals surface area contributed by atoms with Crippen LogP contribution in [0, 0.1) is 29.9 Å². The number of nitrogens with zero attached hydrogens (tertiary/aromatic N) is 2. The molecule has 9 heteroatoms. The first-order valence-electron chi connectivity index (χ1n) is 10.8. The number of esters is 2. The van der Waals surface area contributed by atoms with Crippen molar-refractivity contribution in [1.29, 1.82) is 0 Å². The van der Waals surface area contributed by atoms with Crippen LogP contribution < -0.4 is 9.64 Å². The normalized spacial score (nSPS) is 21.4. The number of unbranched alkanes of at least 4 members (excludes halogenated alkanes) is 1. The molecule has 0 aromatic carbocycles. The van der Waals surface area contributed by atoms with Crippen molar-refractivity contribution in [3.63, 3.8) is 0 Å². The summed E-state index contributed by atoms with van der Waals surface area (Å²) in [5.41, 5.74) is 0.260. The fourth-order valence-corrected chi connectivity index (χ4v) is 3.72. The van der Waals surface area contributed by atoms with E-state index in [4.69, 9.17) is 14.2 Å². The molecule has 1 heterocycles. The van der Waals surface area contributed by atoms with Gasteiger partial charge in [-0.1, -0.05) is 27.2 Å². The van der Waals surface area contributed by atoms with Crippen LogP contribution in [0.5, 0.6) is 5.88 Å². The highest BCUT2D eigenvalue weighted by atomic mass is 16.8. The number of hydrogen-bond donors (Lipinski definition) is 0. The molecule has 2 rings (SSSR count). The average Bonchev–Trinajstić information content (AvgIpc) is 3.01. The zero-order chi connectivity index (χ0) is 22.1. The lowest BCUT2D eigenvalue weighted by atomic mass is 9.75. The molecule has 1 aromatic heterocycles. The third-order valence-corrected chi connectivity index (χ3v) is 5.60. The minimum absolute atomic E-state index is 0.0194. The van der Waals surface area contributed by atoms with Gasteiger partial charge in [-0.05, 0) is 48.3 Å². The smallest absolute Gasteiger partial charge is 0.397 e. The maximum atomic E-state index is 12.2. The van der Waals surface area contributed by atoms with E-state index in [1.165, 1.54) is 6.42 Å². The van der Waals surface area contributed by atoms with E-state index in [1.54, 1.807) is 6.92 Å². The first-order chi connectivity index (χ1) is 14.3. The molecule has 0 spiro atoms. The Hall–Kier alpha value is -2.32. The first kappa shape index (κ1) is 24.0. The molecular formula is C21H34N2O7. The molecule has 0 saturated heterocycles. The summed E-state index contributed by atoms with van der Waals surface area (Å²) in [6.07, 6.45) is 4.37. The van der Waals surface area contributed by atoms with Crippen molar-refractivity contribution >= 4 is 11.9 Å². The van der Waals surface area contributed by atoms with Gasteiger partial charge in [-0.3, -0.25) is 14.2 Å². The second-order valence-corrected chi connectivity index (χ2v) is 8.45. The number of carbonyl (C=O) groups excluding carboxylic acids is 2. The van der Waals surface area contributed by atoms with Crippen LogP contribution in [-0.4, -0.2) is 36.4 Å². The molecule has 0 radical (unpaired) electrons. The Morgan fingerprint density at radius 2 is 1.90 bits per heavy atom. The van der Waals surface area contributed by atoms with Gasteiger partial charge < -0.3 is 19.4 Å². The fourth-order valence-electron chi connectivity index (χ4n) is 3.72. The van der Waals surface area contributed by atoms with Gasteiger partial charge in [0.1, 0.15) is 6.10 Å². The van der Waals surface area contributed by atoms with Crippen LogP contribution in [0.15, 0.2) is 4.63 Å². The van der Waals surface area contributed by atoms with Crippen LogP contribution in [0.3, 0.4) is 0 Å². The van der Waals surface area contributed by atoms with E-state index < -0.39 is 5.97 Å². The van der Waals surface area contributed by atoms with E-state index in [0.29, 0.717) is 37.2 Å². The van der Waals surface area contributed by atoms with E-state index in [1.807, 2.05) is 0 Å². The van der Waals surface area contributed by atoms with Crippen LogP contribution >= 0.6 is 0 Å². The lowest BCUT2D eigenvalue weighted by Gasteiger charge is -2.36. The van der Waals surface area contributed by atoms with Gasteiger partial charge in [0.05, 0.1) is 31.2 Å². The van der Waals surface area contributed by atoms with Crippen molar-refractivity contribution in [3.8, 4) is 5.88 Å². The highest BCUT2D eigenvalue weighted by molar-refractivity contribution is 5.77. The van der Waals surface area contributed by atoms with E-state index >= 15 is 0 Å². The summed E-state index contributed by atoms with van der Waals surface area (Å²) in [6, 6.07) is 0. The minimum Gasteiger partial charge on any atom is -0.466 e. The van der Waals surface area contributed by atoms with Gasteiger partial charge in [-0.15, -0.1) is 0 Å². The lowest BCUT2D eigenvalue weighted by Crippen LogP contribution is -2.35. The maximum absolute atomic E-state index is 12.2. The van der Waals surface area contributed by atoms with Crippen molar-refractivity contribution in [1.82, 2.24) is 5.16 Å². The summed E-state index contributed by atoms with van der Waals surface area (Å²) in [4.78, 5) is 24.3. The highest BCUT2D eigenvalue weighted by Gasteiger charge is 2.33. The molecule has 1 aliphatic rings. The Bertz CT molecular complexity index is 689. The minimum atomic E-state index is -0.412. The molecular weight excluding hydrogens is 392 g/mol. The summed E-state index contributed by atoms with van der Waals surface area (Å²) in [5.74, 6) is 0.833. The SMILES string of the molecule is Cc1c(OCCCCOC(=O)CCC(=O)O[C@@H]2C[C@H](C)CC[C@H]2C(C)C)no[n+]1[O-]. The Morgan fingerprint density at radius 3 is 2.57 bits per heavy atom. The molecule has 0 N–H and O–H groups in total. The summed E-state index contributed by atoms with van der Waals surface area (Å²) >= 11 is 0. The maximum Gasteiger partial charge on any atom is 0.397 e. The highest BCUT2D eigenvalue weighted by Crippen LogP contribution is 2.35. The molecule has 170 valence electrons. The molecule has 0 unspecified atom stereocenters. The van der Waals surface area contributed by atoms with Gasteiger partial charge in [0.25, 0.3) is 0 Å². The lowest BCUT2D eigenvalue weighted by molar-refractivity contribution is -0.806. The van der Waals surface area contributed by atoms with Gasteiger partial charge in [0, 0.05) is 6.92 Å². The van der Waals surface area contributed by atoms with Crippen LogP contribution in [-0.2, 0) is 19.1 Å². The molecule has 0 bridgehead atoms. The van der Waals surface area contributed by atoms with Crippen LogP contribution in [0.4, 0.5) is 0 Å². The van der Waals surface area contributed by atoms with E-state index in [0.717, 1.165) is 12.8 Å². The molecule has 0 aliphatic heterocycles. The van der Waals surface area contributed by atoms with Crippen molar-refractivity contribution < 1.29 is 33.3 Å².